The zero-order valence-electron chi connectivity index (χ0n) is 19.4. The summed E-state index contributed by atoms with van der Waals surface area (Å²) < 4.78 is 6.71. The number of anilines is 2. The predicted molar refractivity (Wildman–Crippen MR) is 130 cm³/mol. The summed E-state index contributed by atoms with van der Waals surface area (Å²) >= 11 is 0. The largest absolute Gasteiger partial charge is 0.497 e. The van der Waals surface area contributed by atoms with Gasteiger partial charge < -0.3 is 14.5 Å². The van der Waals surface area contributed by atoms with Gasteiger partial charge >= 0.3 is 0 Å². The average Bonchev–Trinajstić information content (AvgIpc) is 3.29. The molecule has 3 heterocycles. The maximum atomic E-state index is 13.7. The zero-order chi connectivity index (χ0) is 24.5. The van der Waals surface area contributed by atoms with Crippen molar-refractivity contribution in [1.29, 1.82) is 0 Å². The number of nitrogens with zero attached hydrogens (tertiary/aromatic N) is 4. The molecule has 1 fully saturated rings. The molecule has 10 heteroatoms. The van der Waals surface area contributed by atoms with E-state index in [0.717, 1.165) is 18.5 Å². The lowest BCUT2D eigenvalue weighted by molar-refractivity contribution is -0.119. The Labute approximate surface area is 202 Å². The Morgan fingerprint density at radius 1 is 0.914 bits per heavy atom. The van der Waals surface area contributed by atoms with Gasteiger partial charge in [-0.25, -0.2) is 10.5 Å². The highest BCUT2D eigenvalue weighted by Gasteiger charge is 2.35. The Hall–Kier alpha value is -4.18. The van der Waals surface area contributed by atoms with Gasteiger partial charge in [-0.2, -0.15) is 5.10 Å². The number of hydrogen-bond donors (Lipinski definition) is 2. The fourth-order valence-electron chi connectivity index (χ4n) is 4.66. The number of rotatable bonds is 5. The van der Waals surface area contributed by atoms with Crippen LogP contribution in [0.15, 0.2) is 48.5 Å². The number of methoxy groups -OCH3 is 1. The van der Waals surface area contributed by atoms with Crippen molar-refractivity contribution in [3.05, 3.63) is 65.5 Å². The molecule has 10 nitrogen and oxygen atoms in total. The summed E-state index contributed by atoms with van der Waals surface area (Å²) in [5, 5.41) is 4.44. The van der Waals surface area contributed by atoms with Crippen molar-refractivity contribution in [2.75, 3.05) is 30.0 Å². The van der Waals surface area contributed by atoms with Crippen molar-refractivity contribution in [3.8, 4) is 11.4 Å². The molecule has 0 atom stereocenters. The van der Waals surface area contributed by atoms with Gasteiger partial charge in [-0.3, -0.25) is 19.8 Å². The molecule has 3 N–H and O–H groups in total. The van der Waals surface area contributed by atoms with Crippen LogP contribution in [0.1, 0.15) is 45.8 Å². The number of nitrogens with two attached hydrogens (primary N) is 1. The van der Waals surface area contributed by atoms with Gasteiger partial charge in [-0.15, -0.1) is 0 Å². The van der Waals surface area contributed by atoms with Gasteiger partial charge in [0.2, 0.25) is 5.91 Å². The highest BCUT2D eigenvalue weighted by molar-refractivity contribution is 6.09. The summed E-state index contributed by atoms with van der Waals surface area (Å²) in [6, 6.07) is 14.5. The number of benzene rings is 2. The Bertz CT molecular complexity index is 1280. The summed E-state index contributed by atoms with van der Waals surface area (Å²) in [5.74, 6) is 5.34. The minimum Gasteiger partial charge on any atom is -0.497 e. The lowest BCUT2D eigenvalue weighted by Gasteiger charge is -2.29. The average molecular weight is 475 g/mol. The van der Waals surface area contributed by atoms with Crippen LogP contribution in [-0.4, -0.2) is 47.7 Å². The van der Waals surface area contributed by atoms with Crippen molar-refractivity contribution in [3.63, 3.8) is 0 Å². The van der Waals surface area contributed by atoms with Gasteiger partial charge in [0.1, 0.15) is 11.4 Å². The first-order chi connectivity index (χ1) is 17.0. The lowest BCUT2D eigenvalue weighted by atomic mass is 10.0. The summed E-state index contributed by atoms with van der Waals surface area (Å²) in [5.41, 5.74) is 5.28. The number of carbonyl (C=O) groups is 3. The highest BCUT2D eigenvalue weighted by atomic mass is 16.5. The van der Waals surface area contributed by atoms with E-state index in [0.29, 0.717) is 54.3 Å². The van der Waals surface area contributed by atoms with Gasteiger partial charge in [-0.1, -0.05) is 0 Å². The molecule has 0 unspecified atom stereocenters. The number of piperidine rings is 1. The van der Waals surface area contributed by atoms with E-state index in [1.54, 1.807) is 41.2 Å². The molecule has 5 rings (SSSR count). The van der Waals surface area contributed by atoms with Gasteiger partial charge in [0.05, 0.1) is 12.8 Å². The molecule has 3 aromatic rings. The second-order valence-corrected chi connectivity index (χ2v) is 8.48. The molecule has 1 saturated heterocycles. The fraction of sp³-hybridized carbons (Fsp3) is 0.280. The van der Waals surface area contributed by atoms with Crippen LogP contribution in [-0.2, 0) is 11.2 Å². The third-order valence-corrected chi connectivity index (χ3v) is 6.48. The first-order valence-electron chi connectivity index (χ1n) is 11.5. The third-order valence-electron chi connectivity index (χ3n) is 6.48. The normalized spacial score (nSPS) is 15.7. The van der Waals surface area contributed by atoms with Crippen molar-refractivity contribution in [1.82, 2.24) is 15.2 Å². The molecule has 35 heavy (non-hydrogen) atoms. The summed E-state index contributed by atoms with van der Waals surface area (Å²) in [6.45, 7) is 1.09. The van der Waals surface area contributed by atoms with E-state index in [1.165, 1.54) is 4.68 Å². The van der Waals surface area contributed by atoms with Crippen molar-refractivity contribution >= 4 is 29.1 Å². The molecular formula is C25H26N6O4. The quantitative estimate of drug-likeness (QED) is 0.332. The predicted octanol–water partition coefficient (Wildman–Crippen LogP) is 2.20. The van der Waals surface area contributed by atoms with Crippen LogP contribution in [0.2, 0.25) is 0 Å². The van der Waals surface area contributed by atoms with Crippen LogP contribution >= 0.6 is 0 Å². The molecule has 2 aliphatic rings. The second kappa shape index (κ2) is 9.22. The summed E-state index contributed by atoms with van der Waals surface area (Å²) in [7, 11) is 1.57. The first kappa shape index (κ1) is 22.6. The molecule has 0 aliphatic carbocycles. The SMILES string of the molecule is COc1ccc(-n2nc(C(=O)NN)c3c2C(=O)N(c2ccc(N4CCCCC4=O)cc2)CC3)cc1. The molecule has 0 bridgehead atoms. The maximum Gasteiger partial charge on any atom is 0.285 e. The van der Waals surface area contributed by atoms with Crippen LogP contribution in [0.25, 0.3) is 5.69 Å². The van der Waals surface area contributed by atoms with Crippen LogP contribution in [0.4, 0.5) is 11.4 Å². The molecule has 1 aromatic heterocycles. The smallest absolute Gasteiger partial charge is 0.285 e. The molecule has 0 radical (unpaired) electrons. The molecule has 0 saturated carbocycles. The van der Waals surface area contributed by atoms with Crippen LogP contribution in [0.3, 0.4) is 0 Å². The number of nitrogen functional groups attached to an aromatic ring is 1. The number of carbonyl (C=O) groups excluding carboxylic acids is 3. The minimum atomic E-state index is -0.551. The Morgan fingerprint density at radius 2 is 1.57 bits per heavy atom. The molecule has 3 amide bonds. The lowest BCUT2D eigenvalue weighted by Crippen LogP contribution is -2.39. The summed E-state index contributed by atoms with van der Waals surface area (Å²) in [6.07, 6.45) is 2.90. The van der Waals surface area contributed by atoms with Crippen LogP contribution < -0.4 is 25.8 Å². The highest BCUT2D eigenvalue weighted by Crippen LogP contribution is 2.31. The van der Waals surface area contributed by atoms with Gasteiger partial charge in [0.15, 0.2) is 5.69 Å². The Balaban J connectivity index is 1.50. The number of amides is 3. The molecule has 0 spiro atoms. The standard InChI is InChI=1S/C25H26N6O4/c1-35-19-11-9-18(10-12-19)31-23-20(22(28-31)24(33)27-26)13-15-30(25(23)34)17-7-5-16(6-8-17)29-14-3-2-4-21(29)32/h5-12H,2-4,13-15,26H2,1H3,(H,27,33). The molecule has 2 aromatic carbocycles. The van der Waals surface area contributed by atoms with E-state index in [2.05, 4.69) is 10.5 Å². The number of hydrogen-bond acceptors (Lipinski definition) is 6. The number of fused-ring (bicyclic) bond motifs is 1. The van der Waals surface area contributed by atoms with E-state index in [9.17, 15) is 14.4 Å². The third kappa shape index (κ3) is 4.01. The van der Waals surface area contributed by atoms with E-state index in [4.69, 9.17) is 10.6 Å². The minimum absolute atomic E-state index is 0.122. The second-order valence-electron chi connectivity index (χ2n) is 8.48. The van der Waals surface area contributed by atoms with Crippen LogP contribution in [0, 0.1) is 0 Å². The zero-order valence-corrected chi connectivity index (χ0v) is 19.4. The number of aromatic nitrogens is 2. The van der Waals surface area contributed by atoms with Gasteiger partial charge in [0.25, 0.3) is 11.8 Å². The van der Waals surface area contributed by atoms with Gasteiger partial charge in [0, 0.05) is 36.4 Å². The monoisotopic (exact) mass is 474 g/mol. The molecular weight excluding hydrogens is 448 g/mol. The Kier molecular flexibility index (Phi) is 5.96. The first-order valence-corrected chi connectivity index (χ1v) is 11.5. The van der Waals surface area contributed by atoms with Crippen molar-refractivity contribution < 1.29 is 19.1 Å². The summed E-state index contributed by atoms with van der Waals surface area (Å²) in [4.78, 5) is 41.8. The number of ether oxygens (including phenoxy) is 1. The van der Waals surface area contributed by atoms with E-state index < -0.39 is 5.91 Å². The van der Waals surface area contributed by atoms with Crippen LogP contribution in [0.5, 0.6) is 5.75 Å². The molecule has 2 aliphatic heterocycles. The molecule has 180 valence electrons. The topological polar surface area (TPSA) is 123 Å². The van der Waals surface area contributed by atoms with E-state index in [1.807, 2.05) is 24.3 Å². The van der Waals surface area contributed by atoms with Crippen molar-refractivity contribution in [2.24, 2.45) is 5.84 Å². The van der Waals surface area contributed by atoms with E-state index in [-0.39, 0.29) is 17.5 Å². The van der Waals surface area contributed by atoms with Gasteiger partial charge in [-0.05, 0) is 67.8 Å². The maximum absolute atomic E-state index is 13.7. The fourth-order valence-corrected chi connectivity index (χ4v) is 4.66. The number of nitrogens with one attached hydrogen (secondary N) is 1. The van der Waals surface area contributed by atoms with E-state index >= 15 is 0 Å². The Morgan fingerprint density at radius 3 is 2.20 bits per heavy atom. The number of hydrazine groups is 1. The van der Waals surface area contributed by atoms with Crippen molar-refractivity contribution in [2.45, 2.75) is 25.7 Å².